The molecule has 0 atom stereocenters. The quantitative estimate of drug-likeness (QED) is 0.749. The zero-order valence-electron chi connectivity index (χ0n) is 13.6. The van der Waals surface area contributed by atoms with E-state index in [1.54, 1.807) is 19.2 Å². The molecule has 0 fully saturated rings. The Balaban J connectivity index is 1.61. The number of amides is 2. The average molecular weight is 362 g/mol. The highest BCUT2D eigenvalue weighted by Crippen LogP contribution is 2.26. The van der Waals surface area contributed by atoms with Crippen molar-refractivity contribution in [1.82, 2.24) is 25.3 Å². The number of benzene rings is 1. The van der Waals surface area contributed by atoms with Crippen molar-refractivity contribution in [2.45, 2.75) is 19.9 Å². The van der Waals surface area contributed by atoms with Gasteiger partial charge in [-0.05, 0) is 24.3 Å². The molecule has 0 aliphatic heterocycles. The number of anilines is 1. The zero-order chi connectivity index (χ0) is 17.8. The highest BCUT2D eigenvalue weighted by atomic mass is 32.1. The second-order valence-electron chi connectivity index (χ2n) is 5.15. The summed E-state index contributed by atoms with van der Waals surface area (Å²) in [5.74, 6) is 0.561. The molecule has 0 aliphatic rings. The number of rotatable bonds is 5. The van der Waals surface area contributed by atoms with Crippen molar-refractivity contribution in [3.63, 3.8) is 0 Å². The first-order chi connectivity index (χ1) is 12.0. The molecule has 1 N–H and O–H groups in total. The molecule has 2 amide bonds. The molecule has 0 aliphatic carbocycles. The van der Waals surface area contributed by atoms with Gasteiger partial charge in [0.15, 0.2) is 0 Å². The molecule has 0 saturated carbocycles. The highest BCUT2D eigenvalue weighted by molar-refractivity contribution is 7.18. The Hall–Kier alpha value is -2.88. The molecule has 10 heteroatoms. The minimum absolute atomic E-state index is 0.183. The van der Waals surface area contributed by atoms with Gasteiger partial charge in [0.2, 0.25) is 16.9 Å². The fourth-order valence-corrected chi connectivity index (χ4v) is 2.68. The number of nitrogens with zero attached hydrogens (tertiary/aromatic N) is 5. The van der Waals surface area contributed by atoms with Gasteiger partial charge < -0.3 is 9.32 Å². The van der Waals surface area contributed by atoms with Gasteiger partial charge in [-0.2, -0.15) is 0 Å². The summed E-state index contributed by atoms with van der Waals surface area (Å²) in [5, 5.41) is 19.2. The van der Waals surface area contributed by atoms with Gasteiger partial charge in [-0.15, -0.1) is 20.4 Å². The number of aromatic nitrogens is 4. The van der Waals surface area contributed by atoms with Gasteiger partial charge in [0.25, 0.3) is 0 Å². The van der Waals surface area contributed by atoms with E-state index >= 15 is 0 Å². The number of urea groups is 1. The average Bonchev–Trinajstić information content (AvgIpc) is 3.25. The first kappa shape index (κ1) is 17.0. The summed E-state index contributed by atoms with van der Waals surface area (Å²) in [6.45, 7) is 2.09. The number of halogens is 1. The Kier molecular flexibility index (Phi) is 4.98. The summed E-state index contributed by atoms with van der Waals surface area (Å²) in [6, 6.07) is 5.52. The number of nitrogens with one attached hydrogen (secondary N) is 1. The predicted octanol–water partition coefficient (Wildman–Crippen LogP) is 2.95. The molecule has 1 aromatic carbocycles. The third-order valence-corrected chi connectivity index (χ3v) is 4.15. The normalized spacial score (nSPS) is 10.7. The Morgan fingerprint density at radius 3 is 2.60 bits per heavy atom. The summed E-state index contributed by atoms with van der Waals surface area (Å²) in [5.41, 5.74) is 0.728. The molecule has 0 radical (unpaired) electrons. The van der Waals surface area contributed by atoms with Gasteiger partial charge in [-0.25, -0.2) is 9.18 Å². The number of carbonyl (C=O) groups excluding carboxylic acids is 1. The number of carbonyl (C=O) groups is 1. The minimum atomic E-state index is -0.377. The molecule has 0 saturated heterocycles. The second-order valence-corrected chi connectivity index (χ2v) is 6.13. The number of aryl methyl sites for hydroxylation is 1. The third-order valence-electron chi connectivity index (χ3n) is 3.26. The maximum Gasteiger partial charge on any atom is 0.323 e. The Morgan fingerprint density at radius 2 is 1.92 bits per heavy atom. The van der Waals surface area contributed by atoms with E-state index in [2.05, 4.69) is 25.7 Å². The van der Waals surface area contributed by atoms with Crippen LogP contribution in [0.4, 0.5) is 14.3 Å². The van der Waals surface area contributed by atoms with E-state index in [0.29, 0.717) is 28.3 Å². The molecule has 2 heterocycles. The fraction of sp³-hybridized carbons (Fsp3) is 0.267. The van der Waals surface area contributed by atoms with Crippen molar-refractivity contribution in [1.29, 1.82) is 0 Å². The SMILES string of the molecule is CCc1nnc(CN(C)C(=O)Nc2nnc(-c3ccc(F)cc3)s2)o1. The topological polar surface area (TPSA) is 97.0 Å². The zero-order valence-corrected chi connectivity index (χ0v) is 14.4. The largest absolute Gasteiger partial charge is 0.423 e. The van der Waals surface area contributed by atoms with Crippen LogP contribution in [0.2, 0.25) is 0 Å². The highest BCUT2D eigenvalue weighted by Gasteiger charge is 2.16. The van der Waals surface area contributed by atoms with E-state index < -0.39 is 0 Å². The summed E-state index contributed by atoms with van der Waals surface area (Å²) in [7, 11) is 1.60. The molecular formula is C15H15FN6O2S. The summed E-state index contributed by atoms with van der Waals surface area (Å²) >= 11 is 1.20. The first-order valence-corrected chi connectivity index (χ1v) is 8.29. The smallest absolute Gasteiger partial charge is 0.323 e. The van der Waals surface area contributed by atoms with E-state index in [-0.39, 0.29) is 18.4 Å². The molecule has 130 valence electrons. The Labute approximate surface area is 146 Å². The van der Waals surface area contributed by atoms with Crippen molar-refractivity contribution < 1.29 is 13.6 Å². The van der Waals surface area contributed by atoms with Crippen molar-refractivity contribution in [2.75, 3.05) is 12.4 Å². The molecule has 0 bridgehead atoms. The predicted molar refractivity (Wildman–Crippen MR) is 89.5 cm³/mol. The summed E-state index contributed by atoms with van der Waals surface area (Å²) in [6.07, 6.45) is 0.639. The summed E-state index contributed by atoms with van der Waals surface area (Å²) < 4.78 is 18.3. The van der Waals surface area contributed by atoms with Crippen molar-refractivity contribution in [3.8, 4) is 10.6 Å². The van der Waals surface area contributed by atoms with Crippen molar-refractivity contribution >= 4 is 22.5 Å². The lowest BCUT2D eigenvalue weighted by Gasteiger charge is -2.14. The van der Waals surface area contributed by atoms with Crippen LogP contribution in [0.1, 0.15) is 18.7 Å². The second kappa shape index (κ2) is 7.34. The van der Waals surface area contributed by atoms with Crippen LogP contribution in [-0.2, 0) is 13.0 Å². The lowest BCUT2D eigenvalue weighted by molar-refractivity contribution is 0.215. The monoisotopic (exact) mass is 362 g/mol. The fourth-order valence-electron chi connectivity index (χ4n) is 1.94. The van der Waals surface area contributed by atoms with Gasteiger partial charge in [0.05, 0.1) is 0 Å². The van der Waals surface area contributed by atoms with Gasteiger partial charge in [0, 0.05) is 19.0 Å². The molecule has 2 aromatic heterocycles. The number of hydrogen-bond acceptors (Lipinski definition) is 7. The molecule has 0 unspecified atom stereocenters. The maximum absolute atomic E-state index is 13.0. The van der Waals surface area contributed by atoms with Gasteiger partial charge in [-0.1, -0.05) is 18.3 Å². The molecule has 3 aromatic rings. The molecule has 8 nitrogen and oxygen atoms in total. The lowest BCUT2D eigenvalue weighted by Crippen LogP contribution is -2.30. The standard InChI is InChI=1S/C15H15FN6O2S/c1-3-11-18-19-12(24-11)8-22(2)15(23)17-14-21-20-13(25-14)9-4-6-10(16)7-5-9/h4-7H,3,8H2,1-2H3,(H,17,21,23). The first-order valence-electron chi connectivity index (χ1n) is 7.48. The molecule has 25 heavy (non-hydrogen) atoms. The van der Waals surface area contributed by atoms with Gasteiger partial charge in [0.1, 0.15) is 17.4 Å². The third kappa shape index (κ3) is 4.15. The van der Waals surface area contributed by atoms with Crippen molar-refractivity contribution in [3.05, 3.63) is 41.9 Å². The van der Waals surface area contributed by atoms with Crippen LogP contribution in [0.25, 0.3) is 10.6 Å². The minimum Gasteiger partial charge on any atom is -0.423 e. The Morgan fingerprint density at radius 1 is 1.20 bits per heavy atom. The van der Waals surface area contributed by atoms with Crippen LogP contribution in [0.5, 0.6) is 0 Å². The molecular weight excluding hydrogens is 347 g/mol. The van der Waals surface area contributed by atoms with Crippen LogP contribution in [0, 0.1) is 5.82 Å². The van der Waals surface area contributed by atoms with Gasteiger partial charge >= 0.3 is 6.03 Å². The van der Waals surface area contributed by atoms with E-state index in [4.69, 9.17) is 4.42 Å². The van der Waals surface area contributed by atoms with Crippen LogP contribution >= 0.6 is 11.3 Å². The van der Waals surface area contributed by atoms with E-state index in [0.717, 1.165) is 5.56 Å². The van der Waals surface area contributed by atoms with Gasteiger partial charge in [-0.3, -0.25) is 5.32 Å². The van der Waals surface area contributed by atoms with Crippen LogP contribution < -0.4 is 5.32 Å². The van der Waals surface area contributed by atoms with Crippen LogP contribution in [-0.4, -0.2) is 38.4 Å². The number of hydrogen-bond donors (Lipinski definition) is 1. The molecule has 3 rings (SSSR count). The van der Waals surface area contributed by atoms with Crippen LogP contribution in [0.3, 0.4) is 0 Å². The van der Waals surface area contributed by atoms with E-state index in [1.807, 2.05) is 6.92 Å². The lowest BCUT2D eigenvalue weighted by atomic mass is 10.2. The molecule has 0 spiro atoms. The van der Waals surface area contributed by atoms with E-state index in [1.165, 1.54) is 28.4 Å². The Bertz CT molecular complexity index is 863. The maximum atomic E-state index is 13.0. The summed E-state index contributed by atoms with van der Waals surface area (Å²) in [4.78, 5) is 13.6. The van der Waals surface area contributed by atoms with E-state index in [9.17, 15) is 9.18 Å². The van der Waals surface area contributed by atoms with Crippen molar-refractivity contribution in [2.24, 2.45) is 0 Å². The van der Waals surface area contributed by atoms with Crippen LogP contribution in [0.15, 0.2) is 28.7 Å².